The first-order valence-corrected chi connectivity index (χ1v) is 3.33. The van der Waals surface area contributed by atoms with Crippen LogP contribution in [0.15, 0.2) is 12.2 Å². The molecule has 0 radical (unpaired) electrons. The molecule has 0 aliphatic heterocycles. The number of ketones is 1. The summed E-state index contributed by atoms with van der Waals surface area (Å²) in [5, 5.41) is 0. The van der Waals surface area contributed by atoms with Crippen molar-refractivity contribution < 1.29 is 4.79 Å². The van der Waals surface area contributed by atoms with Crippen LogP contribution in [0.4, 0.5) is 0 Å². The van der Waals surface area contributed by atoms with E-state index in [1.807, 2.05) is 25.9 Å². The van der Waals surface area contributed by atoms with Gasteiger partial charge in [0.1, 0.15) is 0 Å². The van der Waals surface area contributed by atoms with E-state index >= 15 is 0 Å². The highest BCUT2D eigenvalue weighted by molar-refractivity contribution is 8.93. The minimum atomic E-state index is -0.0440. The molecule has 2 nitrogen and oxygen atoms in total. The molecule has 1 unspecified atom stereocenters. The first-order valence-electron chi connectivity index (χ1n) is 3.33. The van der Waals surface area contributed by atoms with E-state index in [9.17, 15) is 4.79 Å². The topological polar surface area (TPSA) is 20.3 Å². The van der Waals surface area contributed by atoms with E-state index in [-0.39, 0.29) is 28.8 Å². The minimum absolute atomic E-state index is 0. The highest BCUT2D eigenvalue weighted by Crippen LogP contribution is 2.00. The van der Waals surface area contributed by atoms with Gasteiger partial charge >= 0.3 is 0 Å². The molecule has 0 amide bonds. The van der Waals surface area contributed by atoms with Gasteiger partial charge in [-0.3, -0.25) is 9.69 Å². The molecule has 0 saturated heterocycles. The third-order valence-corrected chi connectivity index (χ3v) is 1.57. The minimum Gasteiger partial charge on any atom is -0.300 e. The number of hydrogen-bond acceptors (Lipinski definition) is 2. The first kappa shape index (κ1) is 13.4. The fraction of sp³-hybridized carbons (Fsp3) is 0.625. The SMILES string of the molecule is Br.C=C(C)C(=O)C(C)N(C)C. The van der Waals surface area contributed by atoms with Crippen LogP contribution in [-0.4, -0.2) is 30.8 Å². The zero-order chi connectivity index (χ0) is 8.31. The second kappa shape index (κ2) is 5.49. The summed E-state index contributed by atoms with van der Waals surface area (Å²) in [5.41, 5.74) is 0.626. The van der Waals surface area contributed by atoms with Crippen LogP contribution >= 0.6 is 17.0 Å². The molecular formula is C8H16BrNO. The van der Waals surface area contributed by atoms with Crippen LogP contribution < -0.4 is 0 Å². The summed E-state index contributed by atoms with van der Waals surface area (Å²) < 4.78 is 0. The third kappa shape index (κ3) is 4.32. The Labute approximate surface area is 79.0 Å². The Morgan fingerprint density at radius 3 is 1.91 bits per heavy atom. The first-order chi connectivity index (χ1) is 4.46. The summed E-state index contributed by atoms with van der Waals surface area (Å²) >= 11 is 0. The number of nitrogens with zero attached hydrogens (tertiary/aromatic N) is 1. The molecule has 0 aliphatic rings. The van der Waals surface area contributed by atoms with Crippen LogP contribution in [0.25, 0.3) is 0 Å². The summed E-state index contributed by atoms with van der Waals surface area (Å²) in [6, 6.07) is -0.0440. The van der Waals surface area contributed by atoms with E-state index in [1.54, 1.807) is 6.92 Å². The molecule has 0 N–H and O–H groups in total. The largest absolute Gasteiger partial charge is 0.300 e. The lowest BCUT2D eigenvalue weighted by molar-refractivity contribution is -0.119. The number of carbonyl (C=O) groups is 1. The molecule has 66 valence electrons. The summed E-state index contributed by atoms with van der Waals surface area (Å²) in [4.78, 5) is 13.0. The van der Waals surface area contributed by atoms with Gasteiger partial charge in [0.25, 0.3) is 0 Å². The second-order valence-corrected chi connectivity index (χ2v) is 2.78. The van der Waals surface area contributed by atoms with Crippen molar-refractivity contribution in [1.82, 2.24) is 4.90 Å². The van der Waals surface area contributed by atoms with E-state index < -0.39 is 0 Å². The molecule has 0 aromatic carbocycles. The third-order valence-electron chi connectivity index (χ3n) is 1.57. The van der Waals surface area contributed by atoms with Crippen LogP contribution in [0, 0.1) is 0 Å². The summed E-state index contributed by atoms with van der Waals surface area (Å²) in [6.07, 6.45) is 0. The average Bonchev–Trinajstić information content (AvgIpc) is 1.84. The number of hydrogen-bond donors (Lipinski definition) is 0. The zero-order valence-corrected chi connectivity index (χ0v) is 9.26. The Kier molecular flexibility index (Phi) is 6.71. The molecule has 0 heterocycles. The Balaban J connectivity index is 0. The maximum Gasteiger partial charge on any atom is 0.174 e. The highest BCUT2D eigenvalue weighted by atomic mass is 79.9. The van der Waals surface area contributed by atoms with Gasteiger partial charge in [0.05, 0.1) is 6.04 Å². The lowest BCUT2D eigenvalue weighted by Crippen LogP contribution is -2.33. The standard InChI is InChI=1S/C8H15NO.BrH/c1-6(2)8(10)7(3)9(4)5;/h7H,1H2,2-5H3;1H. The Morgan fingerprint density at radius 1 is 1.45 bits per heavy atom. The van der Waals surface area contributed by atoms with Crippen LogP contribution in [0.2, 0.25) is 0 Å². The van der Waals surface area contributed by atoms with Gasteiger partial charge in [-0.05, 0) is 33.5 Å². The van der Waals surface area contributed by atoms with Crippen molar-refractivity contribution in [2.45, 2.75) is 19.9 Å². The summed E-state index contributed by atoms with van der Waals surface area (Å²) in [6.45, 7) is 7.19. The lowest BCUT2D eigenvalue weighted by atomic mass is 10.1. The van der Waals surface area contributed by atoms with Gasteiger partial charge in [-0.2, -0.15) is 0 Å². The van der Waals surface area contributed by atoms with E-state index in [0.29, 0.717) is 5.57 Å². The maximum atomic E-state index is 11.1. The van der Waals surface area contributed by atoms with Crippen molar-refractivity contribution in [2.75, 3.05) is 14.1 Å². The molecule has 0 aromatic heterocycles. The Bertz CT molecular complexity index is 154. The quantitative estimate of drug-likeness (QED) is 0.677. The van der Waals surface area contributed by atoms with Crippen molar-refractivity contribution >= 4 is 22.8 Å². The normalized spacial score (nSPS) is 12.1. The van der Waals surface area contributed by atoms with Crippen LogP contribution in [0.5, 0.6) is 0 Å². The van der Waals surface area contributed by atoms with Gasteiger partial charge in [0.15, 0.2) is 5.78 Å². The van der Waals surface area contributed by atoms with E-state index in [4.69, 9.17) is 0 Å². The molecule has 0 aromatic rings. The van der Waals surface area contributed by atoms with Crippen LogP contribution in [0.1, 0.15) is 13.8 Å². The van der Waals surface area contributed by atoms with Gasteiger partial charge in [-0.15, -0.1) is 17.0 Å². The summed E-state index contributed by atoms with van der Waals surface area (Å²) in [7, 11) is 3.76. The maximum absolute atomic E-state index is 11.1. The zero-order valence-electron chi connectivity index (χ0n) is 7.55. The lowest BCUT2D eigenvalue weighted by Gasteiger charge is -2.17. The fourth-order valence-electron chi connectivity index (χ4n) is 0.591. The number of carbonyl (C=O) groups excluding carboxylic acids is 1. The van der Waals surface area contributed by atoms with Gasteiger partial charge in [-0.25, -0.2) is 0 Å². The van der Waals surface area contributed by atoms with Crippen molar-refractivity contribution in [3.63, 3.8) is 0 Å². The number of rotatable bonds is 3. The predicted molar refractivity (Wildman–Crippen MR) is 53.3 cm³/mol. The smallest absolute Gasteiger partial charge is 0.174 e. The van der Waals surface area contributed by atoms with Crippen molar-refractivity contribution in [2.24, 2.45) is 0 Å². The van der Waals surface area contributed by atoms with Crippen molar-refractivity contribution in [1.29, 1.82) is 0 Å². The van der Waals surface area contributed by atoms with Gasteiger partial charge in [0, 0.05) is 0 Å². The van der Waals surface area contributed by atoms with E-state index in [2.05, 4.69) is 6.58 Å². The monoisotopic (exact) mass is 221 g/mol. The second-order valence-electron chi connectivity index (χ2n) is 2.78. The number of halogens is 1. The number of Topliss-reactive ketones (excluding diaryl/α,β-unsaturated/α-hetero) is 1. The Hall–Kier alpha value is -0.150. The van der Waals surface area contributed by atoms with Crippen molar-refractivity contribution in [3.8, 4) is 0 Å². The van der Waals surface area contributed by atoms with Gasteiger partial charge in [-0.1, -0.05) is 6.58 Å². The fourth-order valence-corrected chi connectivity index (χ4v) is 0.591. The van der Waals surface area contributed by atoms with Gasteiger partial charge < -0.3 is 0 Å². The number of likely N-dealkylation sites (N-methyl/N-ethyl adjacent to an activating group) is 1. The van der Waals surface area contributed by atoms with E-state index in [0.717, 1.165) is 0 Å². The molecule has 0 spiro atoms. The molecule has 0 bridgehead atoms. The molecule has 3 heteroatoms. The summed E-state index contributed by atoms with van der Waals surface area (Å²) in [5.74, 6) is 0.116. The van der Waals surface area contributed by atoms with Gasteiger partial charge in [0.2, 0.25) is 0 Å². The molecule has 0 saturated carbocycles. The average molecular weight is 222 g/mol. The van der Waals surface area contributed by atoms with Crippen molar-refractivity contribution in [3.05, 3.63) is 12.2 Å². The van der Waals surface area contributed by atoms with Crippen LogP contribution in [-0.2, 0) is 4.79 Å². The molecule has 1 atom stereocenters. The molecular weight excluding hydrogens is 206 g/mol. The molecule has 11 heavy (non-hydrogen) atoms. The van der Waals surface area contributed by atoms with Crippen LogP contribution in [0.3, 0.4) is 0 Å². The molecule has 0 aliphatic carbocycles. The highest BCUT2D eigenvalue weighted by Gasteiger charge is 2.14. The molecule has 0 fully saturated rings. The van der Waals surface area contributed by atoms with E-state index in [1.165, 1.54) is 0 Å². The molecule has 0 rings (SSSR count). The Morgan fingerprint density at radius 2 is 1.82 bits per heavy atom. The predicted octanol–water partition coefficient (Wildman–Crippen LogP) is 1.66.